The van der Waals surface area contributed by atoms with Crippen LogP contribution in [0.1, 0.15) is 32.6 Å². The summed E-state index contributed by atoms with van der Waals surface area (Å²) in [6, 6.07) is 7.53. The number of hydrogen-bond donors (Lipinski definition) is 1. The van der Waals surface area contributed by atoms with Crippen LogP contribution in [0, 0.1) is 5.92 Å². The van der Waals surface area contributed by atoms with E-state index in [-0.39, 0.29) is 5.91 Å². The van der Waals surface area contributed by atoms with E-state index < -0.39 is 0 Å². The Hall–Kier alpha value is -1.60. The Balaban J connectivity index is 1.58. The third-order valence-electron chi connectivity index (χ3n) is 4.30. The molecule has 0 bridgehead atoms. The maximum absolute atomic E-state index is 12.2. The molecule has 0 saturated heterocycles. The standard InChI is InChI=1S/C16H20ClN5OS/c1-11-4-2-3-5-14(11)18-15(23)10-24-16-19-20-21-22(16)13-8-6-12(17)7-9-13/h6-9,11,14H,2-5,10H2,1H3,(H,18,23)/t11-,14-/m0/s1. The van der Waals surface area contributed by atoms with E-state index in [1.807, 2.05) is 12.1 Å². The van der Waals surface area contributed by atoms with E-state index in [0.29, 0.717) is 27.9 Å². The monoisotopic (exact) mass is 365 g/mol. The molecule has 1 fully saturated rings. The lowest BCUT2D eigenvalue weighted by atomic mass is 9.86. The average molecular weight is 366 g/mol. The smallest absolute Gasteiger partial charge is 0.230 e. The van der Waals surface area contributed by atoms with E-state index >= 15 is 0 Å². The molecule has 0 aliphatic heterocycles. The normalized spacial score (nSPS) is 20.8. The van der Waals surface area contributed by atoms with E-state index in [1.165, 1.54) is 31.0 Å². The minimum absolute atomic E-state index is 0.0319. The fourth-order valence-corrected chi connectivity index (χ4v) is 3.75. The molecule has 128 valence electrons. The Kier molecular flexibility index (Phi) is 5.73. The van der Waals surface area contributed by atoms with Gasteiger partial charge in [-0.2, -0.15) is 4.68 Å². The van der Waals surface area contributed by atoms with Crippen molar-refractivity contribution in [2.75, 3.05) is 5.75 Å². The molecule has 1 aromatic heterocycles. The Bertz CT molecular complexity index is 690. The molecule has 1 N–H and O–H groups in total. The zero-order valence-electron chi connectivity index (χ0n) is 13.5. The zero-order valence-corrected chi connectivity index (χ0v) is 15.1. The lowest BCUT2D eigenvalue weighted by molar-refractivity contribution is -0.119. The van der Waals surface area contributed by atoms with Crippen molar-refractivity contribution >= 4 is 29.3 Å². The molecule has 1 aliphatic rings. The van der Waals surface area contributed by atoms with Gasteiger partial charge in [-0.15, -0.1) is 5.10 Å². The van der Waals surface area contributed by atoms with Crippen LogP contribution in [-0.4, -0.2) is 37.9 Å². The minimum Gasteiger partial charge on any atom is -0.352 e. The van der Waals surface area contributed by atoms with Crippen molar-refractivity contribution in [1.82, 2.24) is 25.5 Å². The SMILES string of the molecule is C[C@H]1CCCC[C@@H]1NC(=O)CSc1nnnn1-c1ccc(Cl)cc1. The summed E-state index contributed by atoms with van der Waals surface area (Å²) in [5, 5.41) is 16.1. The zero-order chi connectivity index (χ0) is 16.9. The Morgan fingerprint density at radius 1 is 1.33 bits per heavy atom. The summed E-state index contributed by atoms with van der Waals surface area (Å²) in [5.74, 6) is 0.883. The van der Waals surface area contributed by atoms with Crippen LogP contribution >= 0.6 is 23.4 Å². The molecule has 2 atom stereocenters. The molecular weight excluding hydrogens is 346 g/mol. The van der Waals surface area contributed by atoms with Gasteiger partial charge in [-0.25, -0.2) is 0 Å². The number of amides is 1. The van der Waals surface area contributed by atoms with Crippen molar-refractivity contribution in [1.29, 1.82) is 0 Å². The first-order valence-electron chi connectivity index (χ1n) is 8.10. The maximum atomic E-state index is 12.2. The predicted octanol–water partition coefficient (Wildman–Crippen LogP) is 3.10. The maximum Gasteiger partial charge on any atom is 0.230 e. The number of rotatable bonds is 5. The number of carbonyl (C=O) groups is 1. The number of nitrogens with one attached hydrogen (secondary N) is 1. The second kappa shape index (κ2) is 7.98. The van der Waals surface area contributed by atoms with Gasteiger partial charge in [0.15, 0.2) is 0 Å². The van der Waals surface area contributed by atoms with Crippen molar-refractivity contribution in [3.63, 3.8) is 0 Å². The highest BCUT2D eigenvalue weighted by molar-refractivity contribution is 7.99. The van der Waals surface area contributed by atoms with Gasteiger partial charge in [0.05, 0.1) is 11.4 Å². The van der Waals surface area contributed by atoms with Crippen LogP contribution in [0.5, 0.6) is 0 Å². The lowest BCUT2D eigenvalue weighted by Gasteiger charge is -2.29. The van der Waals surface area contributed by atoms with Gasteiger partial charge >= 0.3 is 0 Å². The predicted molar refractivity (Wildman–Crippen MR) is 94.5 cm³/mol. The summed E-state index contributed by atoms with van der Waals surface area (Å²) in [4.78, 5) is 12.2. The van der Waals surface area contributed by atoms with Crippen molar-refractivity contribution < 1.29 is 4.79 Å². The van der Waals surface area contributed by atoms with Crippen LogP contribution in [0.25, 0.3) is 5.69 Å². The van der Waals surface area contributed by atoms with Gasteiger partial charge in [0.2, 0.25) is 11.1 Å². The first-order chi connectivity index (χ1) is 11.6. The third kappa shape index (κ3) is 4.27. The van der Waals surface area contributed by atoms with Crippen molar-refractivity contribution in [3.8, 4) is 5.69 Å². The number of hydrogen-bond acceptors (Lipinski definition) is 5. The topological polar surface area (TPSA) is 72.7 Å². The molecule has 1 heterocycles. The number of halogens is 1. The van der Waals surface area contributed by atoms with Gasteiger partial charge in [0.25, 0.3) is 0 Å². The van der Waals surface area contributed by atoms with Crippen LogP contribution in [0.15, 0.2) is 29.4 Å². The highest BCUT2D eigenvalue weighted by atomic mass is 35.5. The van der Waals surface area contributed by atoms with E-state index in [0.717, 1.165) is 12.1 Å². The third-order valence-corrected chi connectivity index (χ3v) is 5.47. The number of thioether (sulfide) groups is 1. The quantitative estimate of drug-likeness (QED) is 0.824. The van der Waals surface area contributed by atoms with Crippen molar-refractivity contribution in [3.05, 3.63) is 29.3 Å². The molecule has 1 aliphatic carbocycles. The summed E-state index contributed by atoms with van der Waals surface area (Å²) in [6.45, 7) is 2.21. The number of tetrazole rings is 1. The second-order valence-corrected chi connectivity index (χ2v) is 7.45. The molecule has 1 saturated carbocycles. The van der Waals surface area contributed by atoms with E-state index in [1.54, 1.807) is 16.8 Å². The van der Waals surface area contributed by atoms with Gasteiger partial charge < -0.3 is 5.32 Å². The van der Waals surface area contributed by atoms with E-state index in [4.69, 9.17) is 11.6 Å². The summed E-state index contributed by atoms with van der Waals surface area (Å²) in [7, 11) is 0. The molecule has 24 heavy (non-hydrogen) atoms. The molecule has 0 unspecified atom stereocenters. The minimum atomic E-state index is 0.0319. The molecular formula is C16H20ClN5OS. The first kappa shape index (κ1) is 17.2. The van der Waals surface area contributed by atoms with Crippen molar-refractivity contribution in [2.24, 2.45) is 5.92 Å². The fraction of sp³-hybridized carbons (Fsp3) is 0.500. The number of aromatic nitrogens is 4. The number of carbonyl (C=O) groups excluding carboxylic acids is 1. The Labute approximate surface area is 150 Å². The van der Waals surface area contributed by atoms with Crippen LogP contribution in [-0.2, 0) is 4.79 Å². The second-order valence-electron chi connectivity index (χ2n) is 6.07. The largest absolute Gasteiger partial charge is 0.352 e. The molecule has 6 nitrogen and oxygen atoms in total. The molecule has 2 aromatic rings. The molecule has 0 radical (unpaired) electrons. The van der Waals surface area contributed by atoms with Crippen LogP contribution in [0.3, 0.4) is 0 Å². The van der Waals surface area contributed by atoms with Crippen molar-refractivity contribution in [2.45, 2.75) is 43.8 Å². The summed E-state index contributed by atoms with van der Waals surface area (Å²) in [5.41, 5.74) is 0.813. The summed E-state index contributed by atoms with van der Waals surface area (Å²) in [6.07, 6.45) is 4.71. The number of benzene rings is 1. The van der Waals surface area contributed by atoms with Crippen LogP contribution in [0.2, 0.25) is 5.02 Å². The summed E-state index contributed by atoms with van der Waals surface area (Å²) < 4.78 is 1.61. The van der Waals surface area contributed by atoms with E-state index in [9.17, 15) is 4.79 Å². The Morgan fingerprint density at radius 2 is 2.08 bits per heavy atom. The first-order valence-corrected chi connectivity index (χ1v) is 9.46. The average Bonchev–Trinajstić information content (AvgIpc) is 3.04. The lowest BCUT2D eigenvalue weighted by Crippen LogP contribution is -2.41. The van der Waals surface area contributed by atoms with Crippen LogP contribution in [0.4, 0.5) is 0 Å². The Morgan fingerprint density at radius 3 is 2.83 bits per heavy atom. The molecule has 3 rings (SSSR count). The number of nitrogens with zero attached hydrogens (tertiary/aromatic N) is 4. The fourth-order valence-electron chi connectivity index (χ4n) is 2.92. The van der Waals surface area contributed by atoms with E-state index in [2.05, 4.69) is 27.8 Å². The van der Waals surface area contributed by atoms with Gasteiger partial charge in [-0.1, -0.05) is 43.1 Å². The van der Waals surface area contributed by atoms with Crippen LogP contribution < -0.4 is 5.32 Å². The highest BCUT2D eigenvalue weighted by Gasteiger charge is 2.23. The molecule has 0 spiro atoms. The highest BCUT2D eigenvalue weighted by Crippen LogP contribution is 2.24. The molecule has 8 heteroatoms. The van der Waals surface area contributed by atoms with Gasteiger partial charge in [-0.3, -0.25) is 4.79 Å². The van der Waals surface area contributed by atoms with Gasteiger partial charge in [0, 0.05) is 11.1 Å². The summed E-state index contributed by atoms with van der Waals surface area (Å²) >= 11 is 7.23. The molecule has 1 amide bonds. The van der Waals surface area contributed by atoms with Gasteiger partial charge in [0.1, 0.15) is 0 Å². The van der Waals surface area contributed by atoms with Gasteiger partial charge in [-0.05, 0) is 53.5 Å². The molecule has 1 aromatic carbocycles.